The summed E-state index contributed by atoms with van der Waals surface area (Å²) >= 11 is 0. The van der Waals surface area contributed by atoms with Gasteiger partial charge in [-0.25, -0.2) is 14.8 Å². The molecule has 0 aliphatic heterocycles. The molecule has 3 aromatic heterocycles. The standard InChI is InChI=1S/C47H44N4O2/c1-27-19-28(2)21-29(20-27)30-22-39(48-40(23-30)45(52)53)34-15-12-16-41-43(34)50-44(51(41)33-13-10-9-11-14-33)37-26-32(47(6,7)8)25-36-35-24-31(46(3,4)5)17-18-38(35)49-42(36)37/h9-26,49H,1-8H3,(H,52,53). The molecule has 0 radical (unpaired) electrons. The average molecular weight is 697 g/mol. The largest absolute Gasteiger partial charge is 0.477 e. The van der Waals surface area contributed by atoms with Crippen LogP contribution in [-0.4, -0.2) is 30.6 Å². The zero-order valence-corrected chi connectivity index (χ0v) is 31.6. The molecule has 0 fully saturated rings. The summed E-state index contributed by atoms with van der Waals surface area (Å²) < 4.78 is 2.22. The van der Waals surface area contributed by atoms with Gasteiger partial charge in [0.25, 0.3) is 0 Å². The van der Waals surface area contributed by atoms with Crippen molar-refractivity contribution in [3.05, 3.63) is 137 Å². The molecule has 8 aromatic rings. The number of pyridine rings is 1. The van der Waals surface area contributed by atoms with E-state index in [0.29, 0.717) is 5.69 Å². The lowest BCUT2D eigenvalue weighted by Crippen LogP contribution is -2.11. The van der Waals surface area contributed by atoms with Gasteiger partial charge < -0.3 is 10.1 Å². The molecule has 3 heterocycles. The monoisotopic (exact) mass is 696 g/mol. The molecule has 5 aromatic carbocycles. The number of H-pyrrole nitrogens is 1. The van der Waals surface area contributed by atoms with Gasteiger partial charge in [0.1, 0.15) is 11.5 Å². The van der Waals surface area contributed by atoms with Gasteiger partial charge in [0.05, 0.1) is 22.2 Å². The van der Waals surface area contributed by atoms with Crippen molar-refractivity contribution in [3.63, 3.8) is 0 Å². The average Bonchev–Trinajstić information content (AvgIpc) is 3.69. The number of carboxylic acid groups (broad SMARTS) is 1. The van der Waals surface area contributed by atoms with Crippen LogP contribution < -0.4 is 0 Å². The third-order valence-corrected chi connectivity index (χ3v) is 10.3. The number of aryl methyl sites for hydroxylation is 2. The fourth-order valence-corrected chi connectivity index (χ4v) is 7.49. The van der Waals surface area contributed by atoms with Gasteiger partial charge in [-0.15, -0.1) is 0 Å². The van der Waals surface area contributed by atoms with Crippen LogP contribution in [0.3, 0.4) is 0 Å². The van der Waals surface area contributed by atoms with Crippen molar-refractivity contribution in [3.8, 4) is 39.5 Å². The number of benzene rings is 5. The molecular formula is C47H44N4O2. The Morgan fingerprint density at radius 2 is 1.34 bits per heavy atom. The van der Waals surface area contributed by atoms with Gasteiger partial charge >= 0.3 is 5.97 Å². The molecule has 264 valence electrons. The lowest BCUT2D eigenvalue weighted by Gasteiger charge is -2.21. The van der Waals surface area contributed by atoms with Gasteiger partial charge in [-0.3, -0.25) is 4.57 Å². The molecule has 6 heteroatoms. The highest BCUT2D eigenvalue weighted by Crippen LogP contribution is 2.42. The van der Waals surface area contributed by atoms with Gasteiger partial charge in [0.2, 0.25) is 0 Å². The third-order valence-electron chi connectivity index (χ3n) is 10.3. The molecular weight excluding hydrogens is 653 g/mol. The van der Waals surface area contributed by atoms with Crippen molar-refractivity contribution in [1.82, 2.24) is 19.5 Å². The minimum atomic E-state index is -1.07. The zero-order chi connectivity index (χ0) is 37.4. The highest BCUT2D eigenvalue weighted by molar-refractivity contribution is 6.13. The number of imidazole rings is 1. The summed E-state index contributed by atoms with van der Waals surface area (Å²) in [5, 5.41) is 12.6. The second-order valence-electron chi connectivity index (χ2n) is 16.4. The minimum absolute atomic E-state index is 0.00392. The summed E-state index contributed by atoms with van der Waals surface area (Å²) in [5.41, 5.74) is 13.4. The highest BCUT2D eigenvalue weighted by atomic mass is 16.4. The Bertz CT molecular complexity index is 2720. The van der Waals surface area contributed by atoms with Crippen molar-refractivity contribution >= 4 is 38.8 Å². The first-order chi connectivity index (χ1) is 25.2. The molecule has 0 bridgehead atoms. The van der Waals surface area contributed by atoms with Gasteiger partial charge in [-0.05, 0) is 102 Å². The lowest BCUT2D eigenvalue weighted by molar-refractivity contribution is 0.0690. The van der Waals surface area contributed by atoms with E-state index in [2.05, 4.69) is 132 Å². The molecule has 8 rings (SSSR count). The van der Waals surface area contributed by atoms with Crippen molar-refractivity contribution in [2.45, 2.75) is 66.2 Å². The molecule has 6 nitrogen and oxygen atoms in total. The number of hydrogen-bond acceptors (Lipinski definition) is 3. The number of carboxylic acids is 1. The summed E-state index contributed by atoms with van der Waals surface area (Å²) in [6.07, 6.45) is 0. The van der Waals surface area contributed by atoms with E-state index in [-0.39, 0.29) is 16.5 Å². The quantitative estimate of drug-likeness (QED) is 0.188. The topological polar surface area (TPSA) is 83.8 Å². The summed E-state index contributed by atoms with van der Waals surface area (Å²) in [6, 6.07) is 37.7. The minimum Gasteiger partial charge on any atom is -0.477 e. The van der Waals surface area contributed by atoms with Crippen LogP contribution in [0.2, 0.25) is 0 Å². The number of aromatic carboxylic acids is 1. The van der Waals surface area contributed by atoms with Crippen LogP contribution in [0.25, 0.3) is 72.3 Å². The molecule has 53 heavy (non-hydrogen) atoms. The Morgan fingerprint density at radius 3 is 2.02 bits per heavy atom. The zero-order valence-electron chi connectivity index (χ0n) is 31.6. The maximum Gasteiger partial charge on any atom is 0.354 e. The second kappa shape index (κ2) is 12.3. The predicted octanol–water partition coefficient (Wildman–Crippen LogP) is 12.0. The highest BCUT2D eigenvalue weighted by Gasteiger charge is 2.25. The Labute approximate surface area is 310 Å². The van der Waals surface area contributed by atoms with E-state index in [0.717, 1.165) is 72.3 Å². The third kappa shape index (κ3) is 6.08. The van der Waals surface area contributed by atoms with Crippen molar-refractivity contribution < 1.29 is 9.90 Å². The molecule has 0 saturated heterocycles. The van der Waals surface area contributed by atoms with E-state index in [4.69, 9.17) is 9.97 Å². The number of carbonyl (C=O) groups is 1. The van der Waals surface area contributed by atoms with E-state index >= 15 is 0 Å². The summed E-state index contributed by atoms with van der Waals surface area (Å²) in [4.78, 5) is 26.5. The SMILES string of the molecule is Cc1cc(C)cc(-c2cc(C(=O)O)nc(-c3cccc4c3nc(-c3cc(C(C)(C)C)cc5c3[nH]c3ccc(C(C)(C)C)cc35)n4-c3ccccc3)c2)c1. The van der Waals surface area contributed by atoms with Crippen molar-refractivity contribution in [1.29, 1.82) is 0 Å². The van der Waals surface area contributed by atoms with Crippen LogP contribution in [0.4, 0.5) is 0 Å². The molecule has 0 spiro atoms. The number of para-hydroxylation sites is 2. The van der Waals surface area contributed by atoms with Crippen LogP contribution >= 0.6 is 0 Å². The number of nitrogens with zero attached hydrogens (tertiary/aromatic N) is 3. The first-order valence-corrected chi connectivity index (χ1v) is 18.2. The molecule has 0 unspecified atom stereocenters. The Balaban J connectivity index is 1.45. The molecule has 2 N–H and O–H groups in total. The molecule has 0 aliphatic rings. The van der Waals surface area contributed by atoms with Gasteiger partial charge in [-0.1, -0.05) is 107 Å². The normalized spacial score (nSPS) is 12.3. The van der Waals surface area contributed by atoms with E-state index in [1.807, 2.05) is 36.4 Å². The molecule has 0 saturated carbocycles. The Kier molecular flexibility index (Phi) is 7.91. The number of aromatic nitrogens is 4. The van der Waals surface area contributed by atoms with E-state index in [1.54, 1.807) is 6.07 Å². The molecule has 0 atom stereocenters. The predicted molar refractivity (Wildman–Crippen MR) is 218 cm³/mol. The smallest absolute Gasteiger partial charge is 0.354 e. The molecule has 0 aliphatic carbocycles. The summed E-state index contributed by atoms with van der Waals surface area (Å²) in [5.74, 6) is -0.281. The first-order valence-electron chi connectivity index (χ1n) is 18.2. The van der Waals surface area contributed by atoms with Gasteiger partial charge in [-0.2, -0.15) is 0 Å². The summed E-state index contributed by atoms with van der Waals surface area (Å²) in [6.45, 7) is 17.6. The molecule has 0 amide bonds. The van der Waals surface area contributed by atoms with Crippen LogP contribution in [0.5, 0.6) is 0 Å². The van der Waals surface area contributed by atoms with Crippen molar-refractivity contribution in [2.24, 2.45) is 0 Å². The number of fused-ring (bicyclic) bond motifs is 4. The fourth-order valence-electron chi connectivity index (χ4n) is 7.49. The Hall–Kier alpha value is -6.01. The lowest BCUT2D eigenvalue weighted by atomic mass is 9.84. The summed E-state index contributed by atoms with van der Waals surface area (Å²) in [7, 11) is 0. The van der Waals surface area contributed by atoms with Crippen LogP contribution in [0.15, 0.2) is 109 Å². The van der Waals surface area contributed by atoms with Crippen molar-refractivity contribution in [2.75, 3.05) is 0 Å². The maximum atomic E-state index is 12.5. The Morgan fingerprint density at radius 1 is 0.660 bits per heavy atom. The van der Waals surface area contributed by atoms with E-state index in [1.165, 1.54) is 16.5 Å². The first kappa shape index (κ1) is 34.1. The fraction of sp³-hybridized carbons (Fsp3) is 0.213. The van der Waals surface area contributed by atoms with Crippen LogP contribution in [-0.2, 0) is 10.8 Å². The number of nitrogens with one attached hydrogen (secondary N) is 1. The number of hydrogen-bond donors (Lipinski definition) is 2. The number of rotatable bonds is 5. The van der Waals surface area contributed by atoms with E-state index in [9.17, 15) is 9.90 Å². The van der Waals surface area contributed by atoms with Crippen LogP contribution in [0.1, 0.15) is 74.3 Å². The van der Waals surface area contributed by atoms with Gasteiger partial charge in [0.15, 0.2) is 0 Å². The van der Waals surface area contributed by atoms with Crippen LogP contribution in [0, 0.1) is 13.8 Å². The second-order valence-corrected chi connectivity index (χ2v) is 16.4. The maximum absolute atomic E-state index is 12.5. The van der Waals surface area contributed by atoms with E-state index < -0.39 is 5.97 Å². The van der Waals surface area contributed by atoms with Gasteiger partial charge in [0, 0.05) is 33.1 Å². The number of aromatic amines is 1.